The van der Waals surface area contributed by atoms with E-state index in [1.165, 1.54) is 4.90 Å². The van der Waals surface area contributed by atoms with Crippen LogP contribution in [0.1, 0.15) is 12.5 Å². The first-order chi connectivity index (χ1) is 7.57. The molecule has 0 saturated carbocycles. The smallest absolute Gasteiger partial charge is 0.245 e. The van der Waals surface area contributed by atoms with Crippen LogP contribution >= 0.6 is 11.6 Å². The Morgan fingerprint density at radius 2 is 2.19 bits per heavy atom. The van der Waals surface area contributed by atoms with Crippen molar-refractivity contribution in [2.75, 3.05) is 11.4 Å². The highest BCUT2D eigenvalue weighted by atomic mass is 35.5. The molecule has 2 nitrogen and oxygen atoms in total. The van der Waals surface area contributed by atoms with E-state index >= 15 is 0 Å². The average Bonchev–Trinajstić information content (AvgIpc) is 2.26. The number of anilines is 1. The maximum absolute atomic E-state index is 11.9. The van der Waals surface area contributed by atoms with Crippen molar-refractivity contribution in [1.82, 2.24) is 0 Å². The quantitative estimate of drug-likeness (QED) is 0.583. The highest BCUT2D eigenvalue weighted by Crippen LogP contribution is 2.20. The van der Waals surface area contributed by atoms with E-state index in [1.54, 1.807) is 6.92 Å². The van der Waals surface area contributed by atoms with Crippen molar-refractivity contribution in [2.24, 2.45) is 0 Å². The Kier molecular flexibility index (Phi) is 4.39. The third kappa shape index (κ3) is 2.77. The molecule has 1 aromatic rings. The number of terminal acetylenes is 1. The lowest BCUT2D eigenvalue weighted by atomic mass is 10.1. The van der Waals surface area contributed by atoms with E-state index < -0.39 is 5.38 Å². The van der Waals surface area contributed by atoms with Gasteiger partial charge in [-0.15, -0.1) is 18.0 Å². The van der Waals surface area contributed by atoms with Gasteiger partial charge in [0.15, 0.2) is 0 Å². The molecule has 0 heterocycles. The van der Waals surface area contributed by atoms with E-state index in [2.05, 4.69) is 5.92 Å². The van der Waals surface area contributed by atoms with Gasteiger partial charge in [0.05, 0.1) is 6.54 Å². The molecule has 0 saturated heterocycles. The third-order valence-corrected chi connectivity index (χ3v) is 2.45. The molecule has 1 rings (SSSR count). The molecule has 16 heavy (non-hydrogen) atoms. The van der Waals surface area contributed by atoms with E-state index in [9.17, 15) is 4.79 Å². The second-order valence-corrected chi connectivity index (χ2v) is 4.19. The predicted octanol–water partition coefficient (Wildman–Crippen LogP) is 2.59. The number of alkyl halides is 1. The standard InChI is InChI=1S/C13H14ClNO/c1-4-9-15(13(16)11(3)14)12-8-6-5-7-10(12)2/h1,5-8,11H,9H2,2-3H3. The molecule has 0 aliphatic carbocycles. The molecule has 0 aliphatic heterocycles. The number of nitrogens with zero attached hydrogens (tertiary/aromatic N) is 1. The molecule has 0 spiro atoms. The Balaban J connectivity index is 3.09. The molecule has 1 unspecified atom stereocenters. The minimum Gasteiger partial charge on any atom is -0.299 e. The SMILES string of the molecule is C#CCN(C(=O)C(C)Cl)c1ccccc1C. The molecule has 0 radical (unpaired) electrons. The number of carbonyl (C=O) groups is 1. The van der Waals surface area contributed by atoms with Crippen LogP contribution in [0.4, 0.5) is 5.69 Å². The van der Waals surface area contributed by atoms with E-state index in [-0.39, 0.29) is 12.5 Å². The van der Waals surface area contributed by atoms with Crippen LogP contribution in [0.25, 0.3) is 0 Å². The van der Waals surface area contributed by atoms with Crippen molar-refractivity contribution >= 4 is 23.2 Å². The maximum atomic E-state index is 11.9. The lowest BCUT2D eigenvalue weighted by molar-refractivity contribution is -0.117. The van der Waals surface area contributed by atoms with Gasteiger partial charge in [-0.05, 0) is 25.5 Å². The number of para-hydroxylation sites is 1. The Labute approximate surface area is 101 Å². The van der Waals surface area contributed by atoms with Gasteiger partial charge in [0.1, 0.15) is 5.38 Å². The summed E-state index contributed by atoms with van der Waals surface area (Å²) in [5, 5.41) is -0.576. The molecule has 1 atom stereocenters. The van der Waals surface area contributed by atoms with Gasteiger partial charge in [0.25, 0.3) is 0 Å². The fourth-order valence-corrected chi connectivity index (χ4v) is 1.57. The van der Waals surface area contributed by atoms with Crippen LogP contribution in [0.15, 0.2) is 24.3 Å². The summed E-state index contributed by atoms with van der Waals surface area (Å²) in [5.74, 6) is 2.30. The number of amides is 1. The monoisotopic (exact) mass is 235 g/mol. The largest absolute Gasteiger partial charge is 0.299 e. The molecule has 1 aromatic carbocycles. The Hall–Kier alpha value is -1.46. The molecule has 1 amide bonds. The third-order valence-electron chi connectivity index (χ3n) is 2.26. The molecule has 0 aromatic heterocycles. The first-order valence-corrected chi connectivity index (χ1v) is 5.46. The summed E-state index contributed by atoms with van der Waals surface area (Å²) in [6, 6.07) is 7.59. The number of hydrogen-bond acceptors (Lipinski definition) is 1. The van der Waals surface area contributed by atoms with Crippen LogP contribution in [0.3, 0.4) is 0 Å². The van der Waals surface area contributed by atoms with Gasteiger partial charge in [-0.3, -0.25) is 9.69 Å². The maximum Gasteiger partial charge on any atom is 0.245 e. The van der Waals surface area contributed by atoms with Crippen molar-refractivity contribution in [3.63, 3.8) is 0 Å². The number of carbonyl (C=O) groups excluding carboxylic acids is 1. The van der Waals surface area contributed by atoms with Gasteiger partial charge < -0.3 is 0 Å². The fraction of sp³-hybridized carbons (Fsp3) is 0.308. The van der Waals surface area contributed by atoms with E-state index in [0.717, 1.165) is 11.3 Å². The highest BCUT2D eigenvalue weighted by Gasteiger charge is 2.20. The molecule has 84 valence electrons. The van der Waals surface area contributed by atoms with Crippen LogP contribution in [0, 0.1) is 19.3 Å². The average molecular weight is 236 g/mol. The van der Waals surface area contributed by atoms with Crippen LogP contribution in [-0.4, -0.2) is 17.8 Å². The normalized spacial score (nSPS) is 11.6. The molecule has 0 bridgehead atoms. The van der Waals surface area contributed by atoms with Gasteiger partial charge in [-0.2, -0.15) is 0 Å². The molecular formula is C13H14ClNO. The van der Waals surface area contributed by atoms with Crippen molar-refractivity contribution in [1.29, 1.82) is 0 Å². The predicted molar refractivity (Wildman–Crippen MR) is 67.7 cm³/mol. The summed E-state index contributed by atoms with van der Waals surface area (Å²) in [4.78, 5) is 13.4. The zero-order valence-electron chi connectivity index (χ0n) is 9.40. The van der Waals surface area contributed by atoms with Gasteiger partial charge in [-0.25, -0.2) is 0 Å². The Bertz CT molecular complexity index is 420. The van der Waals surface area contributed by atoms with Crippen LogP contribution in [-0.2, 0) is 4.79 Å². The first kappa shape index (κ1) is 12.6. The van der Waals surface area contributed by atoms with Gasteiger partial charge in [-0.1, -0.05) is 24.1 Å². The van der Waals surface area contributed by atoms with Crippen molar-refractivity contribution in [2.45, 2.75) is 19.2 Å². The topological polar surface area (TPSA) is 20.3 Å². The Morgan fingerprint density at radius 3 is 2.69 bits per heavy atom. The van der Waals surface area contributed by atoms with Crippen molar-refractivity contribution in [3.8, 4) is 12.3 Å². The summed E-state index contributed by atoms with van der Waals surface area (Å²) >= 11 is 5.80. The first-order valence-electron chi connectivity index (χ1n) is 5.02. The number of halogens is 1. The van der Waals surface area contributed by atoms with E-state index in [4.69, 9.17) is 18.0 Å². The fourth-order valence-electron chi connectivity index (χ4n) is 1.45. The number of hydrogen-bond donors (Lipinski definition) is 0. The van der Waals surface area contributed by atoms with Crippen LogP contribution < -0.4 is 4.90 Å². The lowest BCUT2D eigenvalue weighted by Crippen LogP contribution is -2.36. The molecule has 0 fully saturated rings. The van der Waals surface area contributed by atoms with Gasteiger partial charge >= 0.3 is 0 Å². The number of benzene rings is 1. The summed E-state index contributed by atoms with van der Waals surface area (Å²) in [6.07, 6.45) is 5.27. The summed E-state index contributed by atoms with van der Waals surface area (Å²) < 4.78 is 0. The molecule has 0 aliphatic rings. The van der Waals surface area contributed by atoms with Crippen LogP contribution in [0.5, 0.6) is 0 Å². The second-order valence-electron chi connectivity index (χ2n) is 3.53. The van der Waals surface area contributed by atoms with Gasteiger partial charge in [0, 0.05) is 5.69 Å². The molecule has 0 N–H and O–H groups in total. The minimum atomic E-state index is -0.576. The number of rotatable bonds is 3. The minimum absolute atomic E-state index is 0.172. The Morgan fingerprint density at radius 1 is 1.56 bits per heavy atom. The summed E-state index contributed by atoms with van der Waals surface area (Å²) in [6.45, 7) is 3.82. The second kappa shape index (κ2) is 5.58. The highest BCUT2D eigenvalue weighted by molar-refractivity contribution is 6.32. The zero-order valence-corrected chi connectivity index (χ0v) is 10.2. The van der Waals surface area contributed by atoms with Crippen molar-refractivity contribution in [3.05, 3.63) is 29.8 Å². The molecule has 3 heteroatoms. The lowest BCUT2D eigenvalue weighted by Gasteiger charge is -2.23. The number of aryl methyl sites for hydroxylation is 1. The summed E-state index contributed by atoms with van der Waals surface area (Å²) in [7, 11) is 0. The summed E-state index contributed by atoms with van der Waals surface area (Å²) in [5.41, 5.74) is 1.82. The van der Waals surface area contributed by atoms with Crippen LogP contribution in [0.2, 0.25) is 0 Å². The van der Waals surface area contributed by atoms with E-state index in [1.807, 2.05) is 31.2 Å². The molecular weight excluding hydrogens is 222 g/mol. The van der Waals surface area contributed by atoms with Gasteiger partial charge in [0.2, 0.25) is 5.91 Å². The van der Waals surface area contributed by atoms with Crippen molar-refractivity contribution < 1.29 is 4.79 Å². The van der Waals surface area contributed by atoms with E-state index in [0.29, 0.717) is 0 Å². The zero-order chi connectivity index (χ0) is 12.1.